The molecule has 1 heterocycles. The van der Waals surface area contributed by atoms with Gasteiger partial charge in [0.15, 0.2) is 0 Å². The summed E-state index contributed by atoms with van der Waals surface area (Å²) in [6.07, 6.45) is 0. The van der Waals surface area contributed by atoms with Crippen molar-refractivity contribution in [3.8, 4) is 0 Å². The summed E-state index contributed by atoms with van der Waals surface area (Å²) in [6.45, 7) is 6.16. The number of carbonyl (C=O) groups is 2. The summed E-state index contributed by atoms with van der Waals surface area (Å²) in [6, 6.07) is 5.19. The minimum atomic E-state index is -0.892. The van der Waals surface area contributed by atoms with Crippen LogP contribution in [-0.2, 0) is 9.59 Å². The van der Waals surface area contributed by atoms with Crippen LogP contribution >= 0.6 is 0 Å². The summed E-state index contributed by atoms with van der Waals surface area (Å²) in [5.74, 6) is -0.958. The Morgan fingerprint density at radius 1 is 1.35 bits per heavy atom. The molecule has 1 fully saturated rings. The van der Waals surface area contributed by atoms with Gasteiger partial charge in [0.1, 0.15) is 11.9 Å². The van der Waals surface area contributed by atoms with Crippen molar-refractivity contribution in [1.82, 2.24) is 10.2 Å². The lowest BCUT2D eigenvalue weighted by molar-refractivity contribution is -0.149. The van der Waals surface area contributed by atoms with E-state index in [1.165, 1.54) is 11.0 Å². The first-order valence-corrected chi connectivity index (χ1v) is 6.65. The molecule has 0 aliphatic carbocycles. The van der Waals surface area contributed by atoms with E-state index in [-0.39, 0.29) is 17.4 Å². The van der Waals surface area contributed by atoms with Crippen LogP contribution in [0.2, 0.25) is 0 Å². The fourth-order valence-electron chi connectivity index (χ4n) is 2.32. The number of hydrogen-bond donors (Lipinski definition) is 1. The first-order chi connectivity index (χ1) is 9.32. The third-order valence-electron chi connectivity index (χ3n) is 3.31. The second-order valence-corrected chi connectivity index (χ2v) is 5.96. The third kappa shape index (κ3) is 2.66. The summed E-state index contributed by atoms with van der Waals surface area (Å²) in [4.78, 5) is 26.1. The van der Waals surface area contributed by atoms with Gasteiger partial charge in [0.05, 0.1) is 0 Å². The fraction of sp³-hybridized carbons (Fsp3) is 0.467. The lowest BCUT2D eigenvalue weighted by atomic mass is 9.91. The Hall–Kier alpha value is -1.91. The molecular weight excluding hydrogens is 259 g/mol. The van der Waals surface area contributed by atoms with Crippen molar-refractivity contribution in [1.29, 1.82) is 0 Å². The van der Waals surface area contributed by atoms with Gasteiger partial charge in [-0.3, -0.25) is 9.59 Å². The highest BCUT2D eigenvalue weighted by Crippen LogP contribution is 2.29. The Balaban J connectivity index is 2.42. The Morgan fingerprint density at radius 3 is 2.60 bits per heavy atom. The molecule has 1 aliphatic rings. The van der Waals surface area contributed by atoms with Gasteiger partial charge < -0.3 is 10.2 Å². The molecule has 2 rings (SSSR count). The zero-order valence-electron chi connectivity index (χ0n) is 11.9. The molecule has 1 atom stereocenters. The van der Waals surface area contributed by atoms with Crippen molar-refractivity contribution in [3.63, 3.8) is 0 Å². The molecule has 20 heavy (non-hydrogen) atoms. The second kappa shape index (κ2) is 5.23. The van der Waals surface area contributed by atoms with Crippen LogP contribution in [0.4, 0.5) is 4.39 Å². The van der Waals surface area contributed by atoms with Gasteiger partial charge in [-0.2, -0.15) is 0 Å². The van der Waals surface area contributed by atoms with E-state index in [9.17, 15) is 14.0 Å². The van der Waals surface area contributed by atoms with E-state index in [4.69, 9.17) is 0 Å². The highest BCUT2D eigenvalue weighted by molar-refractivity contribution is 5.91. The number of carbonyl (C=O) groups excluding carboxylic acids is 2. The SMILES string of the molecule is CC(C)(C)C(=O)N1CCNC(=O)C1c1ccccc1F. The molecule has 4 nitrogen and oxygen atoms in total. The number of nitrogens with zero attached hydrogens (tertiary/aromatic N) is 1. The average Bonchev–Trinajstić information content (AvgIpc) is 2.38. The lowest BCUT2D eigenvalue weighted by Gasteiger charge is -2.38. The molecule has 1 aromatic rings. The zero-order valence-corrected chi connectivity index (χ0v) is 11.9. The van der Waals surface area contributed by atoms with Crippen LogP contribution in [0.5, 0.6) is 0 Å². The van der Waals surface area contributed by atoms with Crippen LogP contribution < -0.4 is 5.32 Å². The molecule has 108 valence electrons. The van der Waals surface area contributed by atoms with Crippen molar-refractivity contribution in [2.45, 2.75) is 26.8 Å². The molecule has 0 spiro atoms. The second-order valence-electron chi connectivity index (χ2n) is 5.96. The Labute approximate surface area is 118 Å². The Morgan fingerprint density at radius 2 is 2.00 bits per heavy atom. The van der Waals surface area contributed by atoms with Crippen molar-refractivity contribution < 1.29 is 14.0 Å². The molecule has 0 saturated carbocycles. The first-order valence-electron chi connectivity index (χ1n) is 6.65. The Bertz CT molecular complexity index is 537. The predicted molar refractivity (Wildman–Crippen MR) is 73.3 cm³/mol. The number of benzene rings is 1. The van der Waals surface area contributed by atoms with Gasteiger partial charge in [-0.05, 0) is 6.07 Å². The number of amides is 2. The van der Waals surface area contributed by atoms with E-state index in [1.54, 1.807) is 39.0 Å². The lowest BCUT2D eigenvalue weighted by Crippen LogP contribution is -2.54. The van der Waals surface area contributed by atoms with Crippen LogP contribution in [0, 0.1) is 11.2 Å². The van der Waals surface area contributed by atoms with Crippen molar-refractivity contribution in [3.05, 3.63) is 35.6 Å². The standard InChI is InChI=1S/C15H19FN2O2/c1-15(2,3)14(20)18-9-8-17-13(19)12(18)10-6-4-5-7-11(10)16/h4-7,12H,8-9H2,1-3H3,(H,17,19). The number of nitrogens with one attached hydrogen (secondary N) is 1. The zero-order chi connectivity index (χ0) is 14.9. The van der Waals surface area contributed by atoms with E-state index in [0.717, 1.165) is 0 Å². The van der Waals surface area contributed by atoms with Gasteiger partial charge >= 0.3 is 0 Å². The van der Waals surface area contributed by atoms with Gasteiger partial charge in [-0.1, -0.05) is 39.0 Å². The maximum absolute atomic E-state index is 14.0. The molecule has 1 unspecified atom stereocenters. The van der Waals surface area contributed by atoms with Gasteiger partial charge in [-0.25, -0.2) is 4.39 Å². The van der Waals surface area contributed by atoms with Crippen LogP contribution in [0.25, 0.3) is 0 Å². The number of rotatable bonds is 1. The minimum absolute atomic E-state index is 0.152. The van der Waals surface area contributed by atoms with Crippen LogP contribution in [0.1, 0.15) is 32.4 Å². The van der Waals surface area contributed by atoms with E-state index in [0.29, 0.717) is 13.1 Å². The number of piperazine rings is 1. The van der Waals surface area contributed by atoms with E-state index in [2.05, 4.69) is 5.32 Å². The monoisotopic (exact) mass is 278 g/mol. The molecule has 5 heteroatoms. The molecule has 0 bridgehead atoms. The maximum atomic E-state index is 14.0. The van der Waals surface area contributed by atoms with Crippen LogP contribution in [-0.4, -0.2) is 29.8 Å². The molecule has 1 aliphatic heterocycles. The molecule has 0 aromatic heterocycles. The highest BCUT2D eigenvalue weighted by Gasteiger charge is 2.39. The topological polar surface area (TPSA) is 49.4 Å². The molecule has 1 saturated heterocycles. The largest absolute Gasteiger partial charge is 0.352 e. The van der Waals surface area contributed by atoms with Crippen molar-refractivity contribution in [2.75, 3.05) is 13.1 Å². The number of hydrogen-bond acceptors (Lipinski definition) is 2. The van der Waals surface area contributed by atoms with Crippen molar-refractivity contribution in [2.24, 2.45) is 5.41 Å². The first kappa shape index (κ1) is 14.5. The summed E-state index contributed by atoms with van der Waals surface area (Å²) in [7, 11) is 0. The van der Waals surface area contributed by atoms with E-state index >= 15 is 0 Å². The maximum Gasteiger partial charge on any atom is 0.247 e. The normalized spacial score (nSPS) is 19.7. The molecule has 1 N–H and O–H groups in total. The van der Waals surface area contributed by atoms with Gasteiger partial charge in [-0.15, -0.1) is 0 Å². The summed E-state index contributed by atoms with van der Waals surface area (Å²) < 4.78 is 14.0. The quantitative estimate of drug-likeness (QED) is 0.852. The van der Waals surface area contributed by atoms with Crippen molar-refractivity contribution >= 4 is 11.8 Å². The molecule has 2 amide bonds. The van der Waals surface area contributed by atoms with Gasteiger partial charge in [0.25, 0.3) is 0 Å². The predicted octanol–water partition coefficient (Wildman–Crippen LogP) is 1.87. The van der Waals surface area contributed by atoms with Gasteiger partial charge in [0.2, 0.25) is 11.8 Å². The minimum Gasteiger partial charge on any atom is -0.352 e. The molecular formula is C15H19FN2O2. The van der Waals surface area contributed by atoms with Crippen LogP contribution in [0.3, 0.4) is 0 Å². The average molecular weight is 278 g/mol. The fourth-order valence-corrected chi connectivity index (χ4v) is 2.32. The van der Waals surface area contributed by atoms with E-state index < -0.39 is 17.3 Å². The molecule has 1 aromatic carbocycles. The third-order valence-corrected chi connectivity index (χ3v) is 3.31. The Kier molecular flexibility index (Phi) is 3.79. The van der Waals surface area contributed by atoms with E-state index in [1.807, 2.05) is 0 Å². The summed E-state index contributed by atoms with van der Waals surface area (Å²) in [5.41, 5.74) is -0.372. The highest BCUT2D eigenvalue weighted by atomic mass is 19.1. The smallest absolute Gasteiger partial charge is 0.247 e. The summed E-state index contributed by atoms with van der Waals surface area (Å²) in [5, 5.41) is 2.69. The number of halogens is 1. The van der Waals surface area contributed by atoms with Crippen LogP contribution in [0.15, 0.2) is 24.3 Å². The molecule has 0 radical (unpaired) electrons. The van der Waals surface area contributed by atoms with Gasteiger partial charge in [0, 0.05) is 24.1 Å². The summed E-state index contributed by atoms with van der Waals surface area (Å²) >= 11 is 0.